The quantitative estimate of drug-likeness (QED) is 0.537. The second kappa shape index (κ2) is 3.08. The molecule has 0 aromatic carbocycles. The van der Waals surface area contributed by atoms with Crippen molar-refractivity contribution in [3.63, 3.8) is 0 Å². The van der Waals surface area contributed by atoms with Gasteiger partial charge in [-0.25, -0.2) is 0 Å². The molecule has 0 unspecified atom stereocenters. The monoisotopic (exact) mass is 148 g/mol. The van der Waals surface area contributed by atoms with Crippen LogP contribution in [0.25, 0.3) is 0 Å². The Morgan fingerprint density at radius 2 is 2.36 bits per heavy atom. The molecule has 1 aliphatic rings. The maximum absolute atomic E-state index is 3.77. The Hall–Kier alpha value is -0.780. The van der Waals surface area contributed by atoms with E-state index in [9.17, 15) is 0 Å². The van der Waals surface area contributed by atoms with Crippen LogP contribution in [0.1, 0.15) is 26.7 Å². The van der Waals surface area contributed by atoms with Crippen LogP contribution in [0.15, 0.2) is 36.5 Å². The van der Waals surface area contributed by atoms with Gasteiger partial charge in [0.15, 0.2) is 0 Å². The highest BCUT2D eigenvalue weighted by molar-refractivity contribution is 5.31. The van der Waals surface area contributed by atoms with Crippen molar-refractivity contribution in [2.75, 3.05) is 0 Å². The largest absolute Gasteiger partial charge is 0.103 e. The Kier molecular flexibility index (Phi) is 2.33. The minimum absolute atomic E-state index is 0.286. The first-order valence-electron chi connectivity index (χ1n) is 4.15. The highest BCUT2D eigenvalue weighted by Crippen LogP contribution is 2.33. The zero-order valence-electron chi connectivity index (χ0n) is 7.43. The summed E-state index contributed by atoms with van der Waals surface area (Å²) in [7, 11) is 0. The average molecular weight is 148 g/mol. The lowest BCUT2D eigenvalue weighted by Crippen LogP contribution is -2.11. The number of hydrogen-bond donors (Lipinski definition) is 0. The Morgan fingerprint density at radius 3 is 2.82 bits per heavy atom. The van der Waals surface area contributed by atoms with Crippen LogP contribution in [0, 0.1) is 5.41 Å². The molecule has 0 bridgehead atoms. The molecule has 0 aromatic heterocycles. The van der Waals surface area contributed by atoms with Gasteiger partial charge in [-0.05, 0) is 23.8 Å². The van der Waals surface area contributed by atoms with Crippen molar-refractivity contribution in [3.05, 3.63) is 36.5 Å². The van der Waals surface area contributed by atoms with Gasteiger partial charge in [0.25, 0.3) is 0 Å². The van der Waals surface area contributed by atoms with Crippen LogP contribution < -0.4 is 0 Å². The molecular weight excluding hydrogens is 132 g/mol. The fourth-order valence-electron chi connectivity index (χ4n) is 1.44. The van der Waals surface area contributed by atoms with E-state index >= 15 is 0 Å². The highest BCUT2D eigenvalue weighted by atomic mass is 14.2. The molecule has 11 heavy (non-hydrogen) atoms. The maximum atomic E-state index is 3.77. The topological polar surface area (TPSA) is 0 Å². The highest BCUT2D eigenvalue weighted by Gasteiger charge is 2.20. The third kappa shape index (κ3) is 1.83. The summed E-state index contributed by atoms with van der Waals surface area (Å²) in [5.74, 6) is 0. The van der Waals surface area contributed by atoms with Gasteiger partial charge >= 0.3 is 0 Å². The van der Waals surface area contributed by atoms with E-state index < -0.39 is 0 Å². The number of allylic oxidation sites excluding steroid dienone is 5. The first-order valence-corrected chi connectivity index (χ1v) is 4.15. The molecule has 0 saturated carbocycles. The van der Waals surface area contributed by atoms with Crippen LogP contribution in [-0.4, -0.2) is 0 Å². The zero-order valence-corrected chi connectivity index (χ0v) is 7.43. The van der Waals surface area contributed by atoms with Gasteiger partial charge in [-0.3, -0.25) is 0 Å². The molecule has 0 aromatic rings. The first kappa shape index (κ1) is 8.32. The fraction of sp³-hybridized carbons (Fsp3) is 0.455. The average Bonchev–Trinajstić information content (AvgIpc) is 2.37. The molecule has 0 spiro atoms. The predicted molar refractivity (Wildman–Crippen MR) is 50.4 cm³/mol. The molecule has 0 saturated heterocycles. The molecule has 0 fully saturated rings. The Labute approximate surface area is 69.3 Å². The smallest absolute Gasteiger partial charge is 0.00724 e. The third-order valence-electron chi connectivity index (χ3n) is 2.21. The SMILES string of the molecule is C=CCC(C)(C)C1=CCC=C1. The van der Waals surface area contributed by atoms with Gasteiger partial charge in [-0.15, -0.1) is 6.58 Å². The van der Waals surface area contributed by atoms with E-state index in [1.54, 1.807) is 0 Å². The minimum atomic E-state index is 0.286. The molecule has 1 aliphatic carbocycles. The van der Waals surface area contributed by atoms with Crippen LogP contribution in [-0.2, 0) is 0 Å². The normalized spacial score (nSPS) is 16.7. The van der Waals surface area contributed by atoms with E-state index in [0.717, 1.165) is 12.8 Å². The summed E-state index contributed by atoms with van der Waals surface area (Å²) in [5, 5.41) is 0. The summed E-state index contributed by atoms with van der Waals surface area (Å²) < 4.78 is 0. The molecule has 0 N–H and O–H groups in total. The molecule has 0 radical (unpaired) electrons. The van der Waals surface area contributed by atoms with Crippen molar-refractivity contribution in [2.24, 2.45) is 5.41 Å². The molecule has 0 heterocycles. The molecule has 0 aliphatic heterocycles. The summed E-state index contributed by atoms with van der Waals surface area (Å²) in [5.41, 5.74) is 1.74. The zero-order chi connectivity index (χ0) is 8.32. The minimum Gasteiger partial charge on any atom is -0.103 e. The van der Waals surface area contributed by atoms with Crippen LogP contribution >= 0.6 is 0 Å². The molecule has 60 valence electrons. The van der Waals surface area contributed by atoms with Gasteiger partial charge in [0, 0.05) is 0 Å². The summed E-state index contributed by atoms with van der Waals surface area (Å²) >= 11 is 0. The van der Waals surface area contributed by atoms with Crippen LogP contribution in [0.4, 0.5) is 0 Å². The van der Waals surface area contributed by atoms with Crippen molar-refractivity contribution in [2.45, 2.75) is 26.7 Å². The van der Waals surface area contributed by atoms with Gasteiger partial charge in [0.1, 0.15) is 0 Å². The van der Waals surface area contributed by atoms with Crippen molar-refractivity contribution in [1.29, 1.82) is 0 Å². The van der Waals surface area contributed by atoms with Crippen LogP contribution in [0.3, 0.4) is 0 Å². The van der Waals surface area contributed by atoms with Crippen molar-refractivity contribution in [1.82, 2.24) is 0 Å². The van der Waals surface area contributed by atoms with Gasteiger partial charge < -0.3 is 0 Å². The molecule has 0 atom stereocenters. The van der Waals surface area contributed by atoms with Gasteiger partial charge in [-0.1, -0.05) is 38.2 Å². The summed E-state index contributed by atoms with van der Waals surface area (Å²) in [4.78, 5) is 0. The Bertz CT molecular complexity index is 204. The van der Waals surface area contributed by atoms with E-state index in [1.165, 1.54) is 5.57 Å². The standard InChI is InChI=1S/C11H16/c1-4-9-11(2,3)10-7-5-6-8-10/h4-5,7-8H,1,6,9H2,2-3H3. The summed E-state index contributed by atoms with van der Waals surface area (Å²) in [6.07, 6.45) is 10.9. The lowest BCUT2D eigenvalue weighted by Gasteiger charge is -2.23. The number of rotatable bonds is 3. The molecule has 0 nitrogen and oxygen atoms in total. The van der Waals surface area contributed by atoms with E-state index in [-0.39, 0.29) is 5.41 Å². The lowest BCUT2D eigenvalue weighted by atomic mass is 9.82. The Balaban J connectivity index is 2.70. The van der Waals surface area contributed by atoms with Crippen LogP contribution in [0.5, 0.6) is 0 Å². The summed E-state index contributed by atoms with van der Waals surface area (Å²) in [6.45, 7) is 8.29. The number of hydrogen-bond acceptors (Lipinski definition) is 0. The van der Waals surface area contributed by atoms with Crippen molar-refractivity contribution < 1.29 is 0 Å². The van der Waals surface area contributed by atoms with E-state index in [4.69, 9.17) is 0 Å². The van der Waals surface area contributed by atoms with Crippen LogP contribution in [0.2, 0.25) is 0 Å². The lowest BCUT2D eigenvalue weighted by molar-refractivity contribution is 0.466. The van der Waals surface area contributed by atoms with E-state index in [1.807, 2.05) is 6.08 Å². The van der Waals surface area contributed by atoms with Gasteiger partial charge in [0.05, 0.1) is 0 Å². The van der Waals surface area contributed by atoms with E-state index in [2.05, 4.69) is 38.7 Å². The fourth-order valence-corrected chi connectivity index (χ4v) is 1.44. The maximum Gasteiger partial charge on any atom is -0.00724 e. The Morgan fingerprint density at radius 1 is 1.64 bits per heavy atom. The molecule has 0 heteroatoms. The molecule has 1 rings (SSSR count). The second-order valence-corrected chi connectivity index (χ2v) is 3.67. The predicted octanol–water partition coefficient (Wildman–Crippen LogP) is 3.48. The molecule has 0 amide bonds. The van der Waals surface area contributed by atoms with Gasteiger partial charge in [0.2, 0.25) is 0 Å². The third-order valence-corrected chi connectivity index (χ3v) is 2.21. The van der Waals surface area contributed by atoms with Crippen molar-refractivity contribution >= 4 is 0 Å². The second-order valence-electron chi connectivity index (χ2n) is 3.67. The van der Waals surface area contributed by atoms with Gasteiger partial charge in [-0.2, -0.15) is 0 Å². The first-order chi connectivity index (χ1) is 5.17. The van der Waals surface area contributed by atoms with Crippen molar-refractivity contribution in [3.8, 4) is 0 Å². The molecular formula is C11H16. The van der Waals surface area contributed by atoms with E-state index in [0.29, 0.717) is 0 Å². The summed E-state index contributed by atoms with van der Waals surface area (Å²) in [6, 6.07) is 0.